The van der Waals surface area contributed by atoms with Gasteiger partial charge >= 0.3 is 0 Å². The van der Waals surface area contributed by atoms with Crippen molar-refractivity contribution < 1.29 is 4.39 Å². The molecule has 0 aliphatic carbocycles. The lowest BCUT2D eigenvalue weighted by atomic mass is 10.1. The predicted octanol–water partition coefficient (Wildman–Crippen LogP) is 2.91. The molecule has 1 fully saturated rings. The number of aromatic nitrogens is 2. The Bertz CT molecular complexity index is 917. The van der Waals surface area contributed by atoms with Gasteiger partial charge in [-0.05, 0) is 29.8 Å². The number of fused-ring (bicyclic) bond motifs is 1. The number of anilines is 1. The second-order valence-electron chi connectivity index (χ2n) is 6.60. The Kier molecular flexibility index (Phi) is 4.80. The number of benzene rings is 1. The Morgan fingerprint density at radius 3 is 2.62 bits per heavy atom. The first-order valence-corrected chi connectivity index (χ1v) is 9.09. The molecular formula is C19H21ClFN5. The SMILES string of the molecule is NCc1ccc(N2CCN(Cc3cn4cc(Cl)ccc4n3)CC2)c(F)c1. The maximum atomic E-state index is 14.3. The summed E-state index contributed by atoms with van der Waals surface area (Å²) in [6.45, 7) is 4.45. The number of nitrogens with two attached hydrogens (primary N) is 1. The number of hydrogen-bond acceptors (Lipinski definition) is 4. The van der Waals surface area contributed by atoms with Crippen LogP contribution in [0.3, 0.4) is 0 Å². The van der Waals surface area contributed by atoms with Gasteiger partial charge in [-0.15, -0.1) is 0 Å². The highest BCUT2D eigenvalue weighted by molar-refractivity contribution is 6.30. The van der Waals surface area contributed by atoms with Crippen molar-refractivity contribution in [2.45, 2.75) is 13.1 Å². The lowest BCUT2D eigenvalue weighted by Crippen LogP contribution is -2.46. The summed E-state index contributed by atoms with van der Waals surface area (Å²) < 4.78 is 16.2. The molecule has 1 aliphatic heterocycles. The third kappa shape index (κ3) is 3.53. The molecule has 1 aromatic carbocycles. The highest BCUT2D eigenvalue weighted by atomic mass is 35.5. The summed E-state index contributed by atoms with van der Waals surface area (Å²) >= 11 is 6.02. The molecule has 26 heavy (non-hydrogen) atoms. The molecule has 1 saturated heterocycles. The largest absolute Gasteiger partial charge is 0.367 e. The summed E-state index contributed by atoms with van der Waals surface area (Å²) in [5.74, 6) is -0.196. The summed E-state index contributed by atoms with van der Waals surface area (Å²) in [6.07, 6.45) is 3.87. The molecule has 5 nitrogen and oxygen atoms in total. The summed E-state index contributed by atoms with van der Waals surface area (Å²) in [5, 5.41) is 0.692. The van der Waals surface area contributed by atoms with Gasteiger partial charge in [-0.25, -0.2) is 9.37 Å². The lowest BCUT2D eigenvalue weighted by molar-refractivity contribution is 0.247. The maximum Gasteiger partial charge on any atom is 0.146 e. The molecular weight excluding hydrogens is 353 g/mol. The minimum absolute atomic E-state index is 0.196. The van der Waals surface area contributed by atoms with Gasteiger partial charge in [0, 0.05) is 51.7 Å². The standard InChI is InChI=1S/C19H21ClFN5/c20-15-2-4-19-23-16(13-26(19)11-15)12-24-5-7-25(8-6-24)18-3-1-14(10-22)9-17(18)21/h1-4,9,11,13H,5-8,10,12,22H2. The fourth-order valence-electron chi connectivity index (χ4n) is 3.40. The minimum Gasteiger partial charge on any atom is -0.367 e. The van der Waals surface area contributed by atoms with E-state index in [4.69, 9.17) is 17.3 Å². The number of piperazine rings is 1. The summed E-state index contributed by atoms with van der Waals surface area (Å²) in [6, 6.07) is 9.02. The van der Waals surface area contributed by atoms with Gasteiger partial charge in [0.1, 0.15) is 11.5 Å². The Morgan fingerprint density at radius 2 is 1.88 bits per heavy atom. The van der Waals surface area contributed by atoms with E-state index in [2.05, 4.69) is 14.8 Å². The first-order chi connectivity index (χ1) is 12.6. The van der Waals surface area contributed by atoms with Gasteiger partial charge in [0.15, 0.2) is 0 Å². The third-order valence-electron chi connectivity index (χ3n) is 4.81. The van der Waals surface area contributed by atoms with E-state index < -0.39 is 0 Å². The van der Waals surface area contributed by atoms with Crippen molar-refractivity contribution in [1.82, 2.24) is 14.3 Å². The van der Waals surface area contributed by atoms with Gasteiger partial charge in [0.25, 0.3) is 0 Å². The van der Waals surface area contributed by atoms with Crippen molar-refractivity contribution in [1.29, 1.82) is 0 Å². The zero-order valence-electron chi connectivity index (χ0n) is 14.4. The number of pyridine rings is 1. The highest BCUT2D eigenvalue weighted by Gasteiger charge is 2.20. The summed E-state index contributed by atoms with van der Waals surface area (Å²) in [4.78, 5) is 9.07. The number of hydrogen-bond donors (Lipinski definition) is 1. The van der Waals surface area contributed by atoms with E-state index in [0.29, 0.717) is 17.3 Å². The van der Waals surface area contributed by atoms with Crippen molar-refractivity contribution in [2.75, 3.05) is 31.1 Å². The number of rotatable bonds is 4. The van der Waals surface area contributed by atoms with Crippen LogP contribution in [0.1, 0.15) is 11.3 Å². The van der Waals surface area contributed by atoms with Gasteiger partial charge in [-0.2, -0.15) is 0 Å². The van der Waals surface area contributed by atoms with Crippen molar-refractivity contribution >= 4 is 22.9 Å². The second kappa shape index (κ2) is 7.23. The van der Waals surface area contributed by atoms with Crippen LogP contribution in [0.15, 0.2) is 42.7 Å². The molecule has 2 aromatic heterocycles. The number of imidazole rings is 1. The monoisotopic (exact) mass is 373 g/mol. The van der Waals surface area contributed by atoms with Crippen LogP contribution >= 0.6 is 11.6 Å². The van der Waals surface area contributed by atoms with Crippen LogP contribution in [-0.2, 0) is 13.1 Å². The highest BCUT2D eigenvalue weighted by Crippen LogP contribution is 2.22. The molecule has 0 spiro atoms. The topological polar surface area (TPSA) is 49.8 Å². The Morgan fingerprint density at radius 1 is 1.08 bits per heavy atom. The quantitative estimate of drug-likeness (QED) is 0.764. The second-order valence-corrected chi connectivity index (χ2v) is 7.03. The fraction of sp³-hybridized carbons (Fsp3) is 0.316. The van der Waals surface area contributed by atoms with Crippen molar-refractivity contribution in [2.24, 2.45) is 5.73 Å². The zero-order valence-corrected chi connectivity index (χ0v) is 15.2. The molecule has 3 heterocycles. The Labute approximate surface area is 156 Å². The van der Waals surface area contributed by atoms with Gasteiger partial charge < -0.3 is 15.0 Å². The molecule has 0 unspecified atom stereocenters. The van der Waals surface area contributed by atoms with Crippen molar-refractivity contribution in [3.63, 3.8) is 0 Å². The van der Waals surface area contributed by atoms with Crippen LogP contribution in [0, 0.1) is 5.82 Å². The molecule has 3 aromatic rings. The lowest BCUT2D eigenvalue weighted by Gasteiger charge is -2.36. The molecule has 7 heteroatoms. The smallest absolute Gasteiger partial charge is 0.146 e. The molecule has 2 N–H and O–H groups in total. The third-order valence-corrected chi connectivity index (χ3v) is 5.03. The maximum absolute atomic E-state index is 14.3. The average Bonchev–Trinajstić information content (AvgIpc) is 3.03. The van der Waals surface area contributed by atoms with Crippen LogP contribution in [0.5, 0.6) is 0 Å². The summed E-state index contributed by atoms with van der Waals surface area (Å²) in [5.41, 5.74) is 8.95. The van der Waals surface area contributed by atoms with Crippen LogP contribution in [0.4, 0.5) is 10.1 Å². The van der Waals surface area contributed by atoms with Gasteiger partial charge in [0.05, 0.1) is 16.4 Å². The van der Waals surface area contributed by atoms with Crippen LogP contribution in [0.25, 0.3) is 5.65 Å². The van der Waals surface area contributed by atoms with E-state index in [0.717, 1.165) is 49.6 Å². The van der Waals surface area contributed by atoms with Crippen molar-refractivity contribution in [3.05, 3.63) is 64.8 Å². The van der Waals surface area contributed by atoms with E-state index in [1.54, 1.807) is 0 Å². The van der Waals surface area contributed by atoms with Gasteiger partial charge in [0.2, 0.25) is 0 Å². The van der Waals surface area contributed by atoms with E-state index in [1.165, 1.54) is 6.07 Å². The van der Waals surface area contributed by atoms with E-state index >= 15 is 0 Å². The van der Waals surface area contributed by atoms with Crippen LogP contribution < -0.4 is 10.6 Å². The van der Waals surface area contributed by atoms with Crippen LogP contribution in [0.2, 0.25) is 5.02 Å². The molecule has 0 atom stereocenters. The average molecular weight is 374 g/mol. The molecule has 136 valence electrons. The van der Waals surface area contributed by atoms with Gasteiger partial charge in [-0.3, -0.25) is 4.90 Å². The Hall–Kier alpha value is -2.15. The molecule has 4 rings (SSSR count). The first kappa shape index (κ1) is 17.3. The molecule has 0 bridgehead atoms. The molecule has 0 amide bonds. The fourth-order valence-corrected chi connectivity index (χ4v) is 3.57. The van der Waals surface area contributed by atoms with Crippen LogP contribution in [-0.4, -0.2) is 40.5 Å². The predicted molar refractivity (Wildman–Crippen MR) is 102 cm³/mol. The summed E-state index contributed by atoms with van der Waals surface area (Å²) in [7, 11) is 0. The van der Waals surface area contributed by atoms with E-state index in [9.17, 15) is 4.39 Å². The molecule has 0 saturated carbocycles. The first-order valence-electron chi connectivity index (χ1n) is 8.71. The number of halogens is 2. The van der Waals surface area contributed by atoms with Gasteiger partial charge in [-0.1, -0.05) is 17.7 Å². The van der Waals surface area contributed by atoms with Crippen molar-refractivity contribution in [3.8, 4) is 0 Å². The minimum atomic E-state index is -0.196. The zero-order chi connectivity index (χ0) is 18.1. The van der Waals surface area contributed by atoms with E-state index in [-0.39, 0.29) is 5.82 Å². The number of nitrogens with zero attached hydrogens (tertiary/aromatic N) is 4. The van der Waals surface area contributed by atoms with E-state index in [1.807, 2.05) is 41.1 Å². The molecule has 0 radical (unpaired) electrons. The Balaban J connectivity index is 1.40. The molecule has 1 aliphatic rings. The normalized spacial score (nSPS) is 15.7.